The smallest absolute Gasteiger partial charge is 0.322 e. The molecule has 2 aliphatic heterocycles. The molecule has 1 atom stereocenters. The SMILES string of the molecule is O=C(Nc1ccccc1OCC1CC1)N1CCC(N2CCCC2)C1. The van der Waals surface area contributed by atoms with Crippen LogP contribution in [-0.2, 0) is 0 Å². The third-order valence-electron chi connectivity index (χ3n) is 5.41. The Balaban J connectivity index is 1.34. The van der Waals surface area contributed by atoms with Gasteiger partial charge in [-0.3, -0.25) is 4.90 Å². The van der Waals surface area contributed by atoms with Crippen LogP contribution in [0.25, 0.3) is 0 Å². The Morgan fingerprint density at radius 2 is 1.92 bits per heavy atom. The number of carbonyl (C=O) groups excluding carboxylic acids is 1. The zero-order chi connectivity index (χ0) is 16.4. The lowest BCUT2D eigenvalue weighted by atomic mass is 10.2. The molecule has 5 nitrogen and oxygen atoms in total. The molecular formula is C19H27N3O2. The average Bonchev–Trinajstić information content (AvgIpc) is 3.07. The fraction of sp³-hybridized carbons (Fsp3) is 0.632. The van der Waals surface area contributed by atoms with E-state index in [0.717, 1.165) is 37.6 Å². The third kappa shape index (κ3) is 3.66. The van der Waals surface area contributed by atoms with Gasteiger partial charge in [0.1, 0.15) is 5.75 Å². The van der Waals surface area contributed by atoms with Crippen molar-refractivity contribution in [2.24, 2.45) is 5.92 Å². The molecule has 3 aliphatic rings. The highest BCUT2D eigenvalue weighted by atomic mass is 16.5. The maximum absolute atomic E-state index is 12.6. The van der Waals surface area contributed by atoms with Crippen LogP contribution in [0.2, 0.25) is 0 Å². The summed E-state index contributed by atoms with van der Waals surface area (Å²) in [6, 6.07) is 8.30. The van der Waals surface area contributed by atoms with Crippen molar-refractivity contribution in [3.8, 4) is 5.75 Å². The second kappa shape index (κ2) is 7.01. The van der Waals surface area contributed by atoms with E-state index in [1.54, 1.807) is 0 Å². The minimum absolute atomic E-state index is 0.000770. The summed E-state index contributed by atoms with van der Waals surface area (Å²) in [5.41, 5.74) is 0.785. The number of para-hydroxylation sites is 2. The quantitative estimate of drug-likeness (QED) is 0.902. The number of ether oxygens (including phenoxy) is 1. The molecule has 130 valence electrons. The summed E-state index contributed by atoms with van der Waals surface area (Å²) in [5.74, 6) is 1.49. The highest BCUT2D eigenvalue weighted by Gasteiger charge is 2.31. The number of likely N-dealkylation sites (tertiary alicyclic amines) is 2. The van der Waals surface area contributed by atoms with Gasteiger partial charge in [-0.25, -0.2) is 4.79 Å². The maximum atomic E-state index is 12.6. The van der Waals surface area contributed by atoms with Crippen LogP contribution in [0.1, 0.15) is 32.1 Å². The molecule has 4 rings (SSSR count). The van der Waals surface area contributed by atoms with Gasteiger partial charge in [-0.15, -0.1) is 0 Å². The Morgan fingerprint density at radius 1 is 1.12 bits per heavy atom. The minimum atomic E-state index is -0.000770. The van der Waals surface area contributed by atoms with Gasteiger partial charge < -0.3 is 15.0 Å². The summed E-state index contributed by atoms with van der Waals surface area (Å²) in [4.78, 5) is 17.1. The van der Waals surface area contributed by atoms with Gasteiger partial charge in [0.25, 0.3) is 0 Å². The van der Waals surface area contributed by atoms with E-state index >= 15 is 0 Å². The van der Waals surface area contributed by atoms with E-state index < -0.39 is 0 Å². The van der Waals surface area contributed by atoms with E-state index in [1.807, 2.05) is 29.2 Å². The van der Waals surface area contributed by atoms with Crippen molar-refractivity contribution in [3.63, 3.8) is 0 Å². The largest absolute Gasteiger partial charge is 0.491 e. The molecule has 2 saturated heterocycles. The molecular weight excluding hydrogens is 302 g/mol. The predicted octanol–water partition coefficient (Wildman–Crippen LogP) is 3.18. The molecule has 2 amide bonds. The summed E-state index contributed by atoms with van der Waals surface area (Å²) >= 11 is 0. The number of nitrogens with one attached hydrogen (secondary N) is 1. The van der Waals surface area contributed by atoms with Crippen molar-refractivity contribution in [1.29, 1.82) is 0 Å². The van der Waals surface area contributed by atoms with Crippen LogP contribution in [0.4, 0.5) is 10.5 Å². The normalized spacial score (nSPS) is 24.3. The van der Waals surface area contributed by atoms with Crippen LogP contribution in [0, 0.1) is 5.92 Å². The first-order valence-electron chi connectivity index (χ1n) is 9.31. The number of nitrogens with zero attached hydrogens (tertiary/aromatic N) is 2. The van der Waals surface area contributed by atoms with Crippen LogP contribution in [0.3, 0.4) is 0 Å². The number of urea groups is 1. The Bertz CT molecular complexity index is 582. The molecule has 1 unspecified atom stereocenters. The summed E-state index contributed by atoms with van der Waals surface area (Å²) in [6.07, 6.45) is 6.22. The first kappa shape index (κ1) is 15.8. The van der Waals surface area contributed by atoms with E-state index in [4.69, 9.17) is 4.74 Å². The molecule has 1 aromatic carbocycles. The summed E-state index contributed by atoms with van der Waals surface area (Å²) < 4.78 is 5.89. The Kier molecular flexibility index (Phi) is 4.60. The van der Waals surface area contributed by atoms with Crippen LogP contribution in [-0.4, -0.2) is 54.7 Å². The van der Waals surface area contributed by atoms with Crippen molar-refractivity contribution >= 4 is 11.7 Å². The third-order valence-corrected chi connectivity index (χ3v) is 5.41. The lowest BCUT2D eigenvalue weighted by molar-refractivity contribution is 0.210. The van der Waals surface area contributed by atoms with Crippen LogP contribution >= 0.6 is 0 Å². The van der Waals surface area contributed by atoms with E-state index in [9.17, 15) is 4.79 Å². The molecule has 0 bridgehead atoms. The molecule has 0 aromatic heterocycles. The molecule has 1 aliphatic carbocycles. The molecule has 3 fully saturated rings. The Labute approximate surface area is 144 Å². The van der Waals surface area contributed by atoms with Crippen LogP contribution in [0.5, 0.6) is 5.75 Å². The number of hydrogen-bond donors (Lipinski definition) is 1. The van der Waals surface area contributed by atoms with Gasteiger partial charge in [0.2, 0.25) is 0 Å². The number of benzene rings is 1. The monoisotopic (exact) mass is 329 g/mol. The van der Waals surface area contributed by atoms with Gasteiger partial charge in [-0.05, 0) is 63.2 Å². The lowest BCUT2D eigenvalue weighted by Crippen LogP contribution is -2.38. The standard InChI is InChI=1S/C19H27N3O2/c23-19(22-12-9-16(13-22)21-10-3-4-11-21)20-17-5-1-2-6-18(17)24-14-15-7-8-15/h1-2,5-6,15-16H,3-4,7-14H2,(H,20,23). The van der Waals surface area contributed by atoms with Gasteiger partial charge in [0, 0.05) is 19.1 Å². The van der Waals surface area contributed by atoms with Crippen molar-refractivity contribution in [1.82, 2.24) is 9.80 Å². The van der Waals surface area contributed by atoms with Crippen molar-refractivity contribution in [3.05, 3.63) is 24.3 Å². The maximum Gasteiger partial charge on any atom is 0.322 e. The van der Waals surface area contributed by atoms with Gasteiger partial charge in [0.15, 0.2) is 0 Å². The predicted molar refractivity (Wildman–Crippen MR) is 94.5 cm³/mol. The van der Waals surface area contributed by atoms with Crippen molar-refractivity contribution in [2.75, 3.05) is 38.1 Å². The fourth-order valence-electron chi connectivity index (χ4n) is 3.71. The minimum Gasteiger partial charge on any atom is -0.491 e. The van der Waals surface area contributed by atoms with Crippen molar-refractivity contribution < 1.29 is 9.53 Å². The Morgan fingerprint density at radius 3 is 2.71 bits per heavy atom. The van der Waals surface area contributed by atoms with Gasteiger partial charge in [0.05, 0.1) is 12.3 Å². The number of rotatable bonds is 5. The average molecular weight is 329 g/mol. The zero-order valence-corrected chi connectivity index (χ0v) is 14.2. The molecule has 0 radical (unpaired) electrons. The number of amides is 2. The Hall–Kier alpha value is -1.75. The summed E-state index contributed by atoms with van der Waals surface area (Å²) in [7, 11) is 0. The van der Waals surface area contributed by atoms with E-state index in [1.165, 1.54) is 38.8 Å². The number of carbonyl (C=O) groups is 1. The topological polar surface area (TPSA) is 44.8 Å². The summed E-state index contributed by atoms with van der Waals surface area (Å²) in [5, 5.41) is 3.05. The summed E-state index contributed by atoms with van der Waals surface area (Å²) in [6.45, 7) is 4.83. The number of anilines is 1. The molecule has 1 aromatic rings. The van der Waals surface area contributed by atoms with Gasteiger partial charge in [-0.1, -0.05) is 12.1 Å². The molecule has 5 heteroatoms. The first-order valence-corrected chi connectivity index (χ1v) is 9.31. The molecule has 2 heterocycles. The highest BCUT2D eigenvalue weighted by Crippen LogP contribution is 2.32. The molecule has 1 N–H and O–H groups in total. The molecule has 1 saturated carbocycles. The highest BCUT2D eigenvalue weighted by molar-refractivity contribution is 5.91. The second-order valence-electron chi connectivity index (χ2n) is 7.31. The second-order valence-corrected chi connectivity index (χ2v) is 7.31. The fourth-order valence-corrected chi connectivity index (χ4v) is 3.71. The van der Waals surface area contributed by atoms with Crippen molar-refractivity contribution in [2.45, 2.75) is 38.1 Å². The van der Waals surface area contributed by atoms with Crippen LogP contribution < -0.4 is 10.1 Å². The van der Waals surface area contributed by atoms with Gasteiger partial charge in [-0.2, -0.15) is 0 Å². The van der Waals surface area contributed by atoms with E-state index in [2.05, 4.69) is 10.2 Å². The first-order chi connectivity index (χ1) is 11.8. The number of hydrogen-bond acceptors (Lipinski definition) is 3. The zero-order valence-electron chi connectivity index (χ0n) is 14.2. The molecule has 0 spiro atoms. The van der Waals surface area contributed by atoms with E-state index in [-0.39, 0.29) is 6.03 Å². The molecule has 24 heavy (non-hydrogen) atoms. The van der Waals surface area contributed by atoms with Crippen LogP contribution in [0.15, 0.2) is 24.3 Å². The lowest BCUT2D eigenvalue weighted by Gasteiger charge is -2.24. The van der Waals surface area contributed by atoms with E-state index in [0.29, 0.717) is 12.0 Å². The van der Waals surface area contributed by atoms with Gasteiger partial charge >= 0.3 is 6.03 Å².